The predicted octanol–water partition coefficient (Wildman–Crippen LogP) is 3.14. The second-order valence-corrected chi connectivity index (χ2v) is 6.08. The third-order valence-corrected chi connectivity index (χ3v) is 4.24. The Balaban J connectivity index is 1.76. The van der Waals surface area contributed by atoms with Gasteiger partial charge in [0, 0.05) is 35.7 Å². The SMILES string of the molecule is O=C1CC(c2ccc(Cl)cc2)C(C(=O)NCc2ccccc2)=CN1. The molecule has 0 saturated heterocycles. The van der Waals surface area contributed by atoms with Crippen LogP contribution in [0, 0.1) is 0 Å². The topological polar surface area (TPSA) is 58.2 Å². The number of hydrogen-bond donors (Lipinski definition) is 2. The van der Waals surface area contributed by atoms with Crippen LogP contribution < -0.4 is 10.6 Å². The molecule has 5 heteroatoms. The zero-order valence-corrected chi connectivity index (χ0v) is 13.7. The van der Waals surface area contributed by atoms with Crippen LogP contribution in [0.5, 0.6) is 0 Å². The maximum Gasteiger partial charge on any atom is 0.249 e. The number of amides is 2. The van der Waals surface area contributed by atoms with Crippen LogP contribution in [-0.2, 0) is 16.1 Å². The molecule has 3 rings (SSSR count). The molecular formula is C19H17ClN2O2. The van der Waals surface area contributed by atoms with Crippen LogP contribution in [0.15, 0.2) is 66.4 Å². The molecule has 122 valence electrons. The van der Waals surface area contributed by atoms with Crippen molar-refractivity contribution in [3.8, 4) is 0 Å². The Bertz CT molecular complexity index is 770. The van der Waals surface area contributed by atoms with Gasteiger partial charge in [-0.2, -0.15) is 0 Å². The largest absolute Gasteiger partial charge is 0.348 e. The average Bonchev–Trinajstić information content (AvgIpc) is 2.61. The molecule has 0 bridgehead atoms. The minimum Gasteiger partial charge on any atom is -0.348 e. The summed E-state index contributed by atoms with van der Waals surface area (Å²) in [7, 11) is 0. The molecule has 2 N–H and O–H groups in total. The fraction of sp³-hybridized carbons (Fsp3) is 0.158. The molecule has 0 radical (unpaired) electrons. The highest BCUT2D eigenvalue weighted by atomic mass is 35.5. The van der Waals surface area contributed by atoms with Gasteiger partial charge in [0.05, 0.1) is 0 Å². The van der Waals surface area contributed by atoms with Gasteiger partial charge in [-0.25, -0.2) is 0 Å². The third kappa shape index (κ3) is 3.84. The fourth-order valence-corrected chi connectivity index (χ4v) is 2.84. The Hall–Kier alpha value is -2.59. The number of hydrogen-bond acceptors (Lipinski definition) is 2. The predicted molar refractivity (Wildman–Crippen MR) is 93.3 cm³/mol. The number of benzene rings is 2. The van der Waals surface area contributed by atoms with Crippen molar-refractivity contribution < 1.29 is 9.59 Å². The zero-order chi connectivity index (χ0) is 16.9. The molecule has 1 aliphatic heterocycles. The van der Waals surface area contributed by atoms with Crippen molar-refractivity contribution in [1.29, 1.82) is 0 Å². The number of carbonyl (C=O) groups excluding carboxylic acids is 2. The van der Waals surface area contributed by atoms with E-state index >= 15 is 0 Å². The molecule has 1 heterocycles. The Morgan fingerprint density at radius 3 is 2.54 bits per heavy atom. The van der Waals surface area contributed by atoms with E-state index in [9.17, 15) is 9.59 Å². The maximum atomic E-state index is 12.6. The molecular weight excluding hydrogens is 324 g/mol. The van der Waals surface area contributed by atoms with Gasteiger partial charge >= 0.3 is 0 Å². The van der Waals surface area contributed by atoms with E-state index in [1.165, 1.54) is 6.20 Å². The lowest BCUT2D eigenvalue weighted by Crippen LogP contribution is -2.34. The lowest BCUT2D eigenvalue weighted by molar-refractivity contribution is -0.121. The number of nitrogens with one attached hydrogen (secondary N) is 2. The van der Waals surface area contributed by atoms with Gasteiger partial charge in [-0.15, -0.1) is 0 Å². The van der Waals surface area contributed by atoms with Gasteiger partial charge in [-0.3, -0.25) is 9.59 Å². The van der Waals surface area contributed by atoms with Crippen LogP contribution >= 0.6 is 11.6 Å². The van der Waals surface area contributed by atoms with Gasteiger partial charge in [-0.05, 0) is 23.3 Å². The van der Waals surface area contributed by atoms with E-state index in [0.717, 1.165) is 11.1 Å². The number of carbonyl (C=O) groups is 2. The molecule has 0 saturated carbocycles. The first-order valence-electron chi connectivity index (χ1n) is 7.70. The lowest BCUT2D eigenvalue weighted by atomic mass is 9.86. The quantitative estimate of drug-likeness (QED) is 0.898. The molecule has 2 aromatic carbocycles. The summed E-state index contributed by atoms with van der Waals surface area (Å²) in [6, 6.07) is 16.9. The highest BCUT2D eigenvalue weighted by Crippen LogP contribution is 2.31. The molecule has 2 aromatic rings. The highest BCUT2D eigenvalue weighted by molar-refractivity contribution is 6.30. The van der Waals surface area contributed by atoms with Crippen molar-refractivity contribution >= 4 is 23.4 Å². The summed E-state index contributed by atoms with van der Waals surface area (Å²) in [4.78, 5) is 24.3. The molecule has 1 unspecified atom stereocenters. The van der Waals surface area contributed by atoms with Crippen LogP contribution in [0.3, 0.4) is 0 Å². The monoisotopic (exact) mass is 340 g/mol. The maximum absolute atomic E-state index is 12.6. The van der Waals surface area contributed by atoms with Crippen molar-refractivity contribution in [3.05, 3.63) is 82.5 Å². The van der Waals surface area contributed by atoms with E-state index in [-0.39, 0.29) is 24.2 Å². The van der Waals surface area contributed by atoms with Crippen molar-refractivity contribution in [2.45, 2.75) is 18.9 Å². The second-order valence-electron chi connectivity index (χ2n) is 5.64. The Morgan fingerprint density at radius 1 is 1.12 bits per heavy atom. The normalized spacial score (nSPS) is 17.0. The van der Waals surface area contributed by atoms with Gasteiger partial charge in [0.25, 0.3) is 0 Å². The van der Waals surface area contributed by atoms with Gasteiger partial charge in [-0.1, -0.05) is 54.1 Å². The standard InChI is InChI=1S/C19H17ClN2O2/c20-15-8-6-14(7-9-15)16-10-18(23)21-12-17(16)19(24)22-11-13-4-2-1-3-5-13/h1-9,12,16H,10-11H2,(H,21,23)(H,22,24). The Morgan fingerprint density at radius 2 is 1.83 bits per heavy atom. The molecule has 0 aromatic heterocycles. The first kappa shape index (κ1) is 16.3. The Labute approximate surface area is 145 Å². The van der Waals surface area contributed by atoms with E-state index in [1.807, 2.05) is 42.5 Å². The molecule has 0 aliphatic carbocycles. The summed E-state index contributed by atoms with van der Waals surface area (Å²) in [6.07, 6.45) is 1.75. The smallest absolute Gasteiger partial charge is 0.249 e. The number of halogens is 1. The third-order valence-electron chi connectivity index (χ3n) is 3.98. The lowest BCUT2D eigenvalue weighted by Gasteiger charge is -2.24. The number of rotatable bonds is 4. The Kier molecular flexibility index (Phi) is 4.96. The molecule has 0 fully saturated rings. The summed E-state index contributed by atoms with van der Waals surface area (Å²) in [5, 5.41) is 6.17. The second kappa shape index (κ2) is 7.32. The first-order valence-corrected chi connectivity index (χ1v) is 8.08. The van der Waals surface area contributed by atoms with E-state index in [4.69, 9.17) is 11.6 Å². The van der Waals surface area contributed by atoms with Crippen LogP contribution in [0.2, 0.25) is 5.02 Å². The first-order chi connectivity index (χ1) is 11.6. The van der Waals surface area contributed by atoms with Crippen LogP contribution in [-0.4, -0.2) is 11.8 Å². The van der Waals surface area contributed by atoms with E-state index in [1.54, 1.807) is 12.1 Å². The van der Waals surface area contributed by atoms with Crippen molar-refractivity contribution in [2.75, 3.05) is 0 Å². The van der Waals surface area contributed by atoms with E-state index in [2.05, 4.69) is 10.6 Å². The molecule has 0 spiro atoms. The summed E-state index contributed by atoms with van der Waals surface area (Å²) < 4.78 is 0. The minimum atomic E-state index is -0.271. The molecule has 2 amide bonds. The van der Waals surface area contributed by atoms with Crippen molar-refractivity contribution in [1.82, 2.24) is 10.6 Å². The van der Waals surface area contributed by atoms with Crippen LogP contribution in [0.25, 0.3) is 0 Å². The van der Waals surface area contributed by atoms with Gasteiger partial charge < -0.3 is 10.6 Å². The summed E-state index contributed by atoms with van der Waals surface area (Å²) in [6.45, 7) is 0.443. The average molecular weight is 341 g/mol. The van der Waals surface area contributed by atoms with E-state index in [0.29, 0.717) is 17.1 Å². The summed E-state index contributed by atoms with van der Waals surface area (Å²) >= 11 is 5.92. The summed E-state index contributed by atoms with van der Waals surface area (Å²) in [5.41, 5.74) is 2.47. The molecule has 1 atom stereocenters. The molecule has 24 heavy (non-hydrogen) atoms. The van der Waals surface area contributed by atoms with Gasteiger partial charge in [0.1, 0.15) is 0 Å². The van der Waals surface area contributed by atoms with Gasteiger partial charge in [0.15, 0.2) is 0 Å². The van der Waals surface area contributed by atoms with E-state index < -0.39 is 0 Å². The van der Waals surface area contributed by atoms with Crippen molar-refractivity contribution in [2.24, 2.45) is 0 Å². The highest BCUT2D eigenvalue weighted by Gasteiger charge is 2.28. The minimum absolute atomic E-state index is 0.102. The molecule has 1 aliphatic rings. The summed E-state index contributed by atoms with van der Waals surface area (Å²) in [5.74, 6) is -0.555. The zero-order valence-electron chi connectivity index (χ0n) is 13.0. The fourth-order valence-electron chi connectivity index (χ4n) is 2.71. The van der Waals surface area contributed by atoms with Crippen LogP contribution in [0.1, 0.15) is 23.5 Å². The van der Waals surface area contributed by atoms with Crippen LogP contribution in [0.4, 0.5) is 0 Å². The van der Waals surface area contributed by atoms with Crippen molar-refractivity contribution in [3.63, 3.8) is 0 Å². The molecule has 4 nitrogen and oxygen atoms in total. The van der Waals surface area contributed by atoms with Gasteiger partial charge in [0.2, 0.25) is 11.8 Å².